The highest BCUT2D eigenvalue weighted by Gasteiger charge is 2.27. The quantitative estimate of drug-likeness (QED) is 0.682. The fourth-order valence-corrected chi connectivity index (χ4v) is 3.97. The first-order valence-electron chi connectivity index (χ1n) is 8.67. The first-order valence-corrected chi connectivity index (χ1v) is 9.04. The Labute approximate surface area is 153 Å². The number of benzene rings is 1. The van der Waals surface area contributed by atoms with Crippen molar-refractivity contribution in [3.8, 4) is 5.75 Å². The van der Waals surface area contributed by atoms with Gasteiger partial charge in [-0.1, -0.05) is 23.7 Å². The Morgan fingerprint density at radius 1 is 1.28 bits per heavy atom. The molecule has 0 radical (unpaired) electrons. The second kappa shape index (κ2) is 6.70. The van der Waals surface area contributed by atoms with Crippen LogP contribution in [0, 0.1) is 6.92 Å². The van der Waals surface area contributed by atoms with E-state index in [1.807, 2.05) is 24.4 Å². The normalized spacial score (nSPS) is 18.1. The fraction of sp³-hybridized carbons (Fsp3) is 0.350. The molecule has 1 aliphatic heterocycles. The topological polar surface area (TPSA) is 29.8 Å². The standard InChI is InChI=1S/C20H22ClN3O/c1-14-19(24-12-16(21)8-9-20(24)22-14)13-23-10-4-7-18(23)15-5-3-6-17(11-15)25-2/h3,5-6,8-9,11-12,18H,4,7,10,13H2,1-2H3. The van der Waals surface area contributed by atoms with Crippen molar-refractivity contribution >= 4 is 17.2 Å². The van der Waals surface area contributed by atoms with Crippen molar-refractivity contribution in [1.29, 1.82) is 0 Å². The summed E-state index contributed by atoms with van der Waals surface area (Å²) in [7, 11) is 1.72. The van der Waals surface area contributed by atoms with Crippen LogP contribution in [0.25, 0.3) is 5.65 Å². The molecule has 0 spiro atoms. The fourth-order valence-electron chi connectivity index (χ4n) is 3.81. The van der Waals surface area contributed by atoms with E-state index in [0.29, 0.717) is 6.04 Å². The summed E-state index contributed by atoms with van der Waals surface area (Å²) in [6, 6.07) is 12.7. The Hall–Kier alpha value is -2.04. The van der Waals surface area contributed by atoms with Gasteiger partial charge in [-0.25, -0.2) is 4.98 Å². The number of fused-ring (bicyclic) bond motifs is 1. The van der Waals surface area contributed by atoms with Gasteiger partial charge in [-0.15, -0.1) is 0 Å². The van der Waals surface area contributed by atoms with Crippen molar-refractivity contribution in [3.63, 3.8) is 0 Å². The summed E-state index contributed by atoms with van der Waals surface area (Å²) in [6.07, 6.45) is 4.34. The molecule has 1 fully saturated rings. The van der Waals surface area contributed by atoms with Crippen LogP contribution in [0.2, 0.25) is 5.02 Å². The molecule has 3 aromatic rings. The van der Waals surface area contributed by atoms with Crippen LogP contribution in [0.3, 0.4) is 0 Å². The minimum atomic E-state index is 0.416. The number of pyridine rings is 1. The molecule has 1 aromatic carbocycles. The van der Waals surface area contributed by atoms with Crippen molar-refractivity contribution < 1.29 is 4.74 Å². The average molecular weight is 356 g/mol. The maximum atomic E-state index is 6.20. The Kier molecular flexibility index (Phi) is 4.40. The Balaban J connectivity index is 1.65. The summed E-state index contributed by atoms with van der Waals surface area (Å²) in [5.74, 6) is 0.919. The lowest BCUT2D eigenvalue weighted by molar-refractivity contribution is 0.244. The number of likely N-dealkylation sites (tertiary alicyclic amines) is 1. The van der Waals surface area contributed by atoms with Crippen LogP contribution in [-0.2, 0) is 6.54 Å². The van der Waals surface area contributed by atoms with Gasteiger partial charge in [0.2, 0.25) is 0 Å². The SMILES string of the molecule is COc1cccc(C2CCCN2Cc2c(C)nc3ccc(Cl)cn23)c1. The molecule has 4 rings (SSSR count). The van der Waals surface area contributed by atoms with Gasteiger partial charge < -0.3 is 9.14 Å². The van der Waals surface area contributed by atoms with Crippen LogP contribution < -0.4 is 4.74 Å². The summed E-state index contributed by atoms with van der Waals surface area (Å²) < 4.78 is 7.52. The number of rotatable bonds is 4. The largest absolute Gasteiger partial charge is 0.497 e. The number of halogens is 1. The van der Waals surface area contributed by atoms with E-state index in [9.17, 15) is 0 Å². The molecular formula is C20H22ClN3O. The molecule has 1 unspecified atom stereocenters. The molecule has 3 heterocycles. The summed E-state index contributed by atoms with van der Waals surface area (Å²) >= 11 is 6.20. The highest BCUT2D eigenvalue weighted by molar-refractivity contribution is 6.30. The number of hydrogen-bond donors (Lipinski definition) is 0. The highest BCUT2D eigenvalue weighted by atomic mass is 35.5. The molecule has 0 N–H and O–H groups in total. The number of methoxy groups -OCH3 is 1. The molecule has 0 saturated carbocycles. The molecule has 5 heteroatoms. The molecule has 130 valence electrons. The summed E-state index contributed by atoms with van der Waals surface area (Å²) in [4.78, 5) is 7.21. The minimum Gasteiger partial charge on any atom is -0.497 e. The number of aryl methyl sites for hydroxylation is 1. The maximum Gasteiger partial charge on any atom is 0.137 e. The smallest absolute Gasteiger partial charge is 0.137 e. The van der Waals surface area contributed by atoms with E-state index in [1.165, 1.54) is 24.1 Å². The second-order valence-corrected chi connectivity index (χ2v) is 7.06. The van der Waals surface area contributed by atoms with Crippen LogP contribution in [-0.4, -0.2) is 27.9 Å². The van der Waals surface area contributed by atoms with Gasteiger partial charge in [-0.3, -0.25) is 4.90 Å². The van der Waals surface area contributed by atoms with Gasteiger partial charge in [0, 0.05) is 18.8 Å². The van der Waals surface area contributed by atoms with Crippen LogP contribution in [0.4, 0.5) is 0 Å². The van der Waals surface area contributed by atoms with Crippen LogP contribution in [0.15, 0.2) is 42.6 Å². The predicted octanol–water partition coefficient (Wildman–Crippen LogP) is 4.64. The zero-order chi connectivity index (χ0) is 17.4. The van der Waals surface area contributed by atoms with Gasteiger partial charge in [-0.05, 0) is 56.1 Å². The Morgan fingerprint density at radius 3 is 3.00 bits per heavy atom. The molecule has 0 amide bonds. The third-order valence-corrected chi connectivity index (χ3v) is 5.30. The Morgan fingerprint density at radius 2 is 2.16 bits per heavy atom. The maximum absolute atomic E-state index is 6.20. The summed E-state index contributed by atoms with van der Waals surface area (Å²) in [5, 5.41) is 0.733. The predicted molar refractivity (Wildman–Crippen MR) is 100 cm³/mol. The molecule has 2 aromatic heterocycles. The molecule has 1 saturated heterocycles. The van der Waals surface area contributed by atoms with Gasteiger partial charge in [0.05, 0.1) is 23.5 Å². The molecule has 0 aliphatic carbocycles. The van der Waals surface area contributed by atoms with Crippen molar-refractivity contribution in [2.75, 3.05) is 13.7 Å². The molecular weight excluding hydrogens is 334 g/mol. The first-order chi connectivity index (χ1) is 12.2. The molecule has 4 nitrogen and oxygen atoms in total. The minimum absolute atomic E-state index is 0.416. The van der Waals surface area contributed by atoms with Crippen LogP contribution >= 0.6 is 11.6 Å². The van der Waals surface area contributed by atoms with E-state index in [4.69, 9.17) is 16.3 Å². The second-order valence-electron chi connectivity index (χ2n) is 6.62. The van der Waals surface area contributed by atoms with Crippen molar-refractivity contribution in [2.45, 2.75) is 32.4 Å². The van der Waals surface area contributed by atoms with Crippen molar-refractivity contribution in [1.82, 2.24) is 14.3 Å². The van der Waals surface area contributed by atoms with Crippen molar-refractivity contribution in [2.24, 2.45) is 0 Å². The lowest BCUT2D eigenvalue weighted by Gasteiger charge is -2.25. The number of hydrogen-bond acceptors (Lipinski definition) is 3. The molecule has 1 aliphatic rings. The summed E-state index contributed by atoms with van der Waals surface area (Å²) in [5.41, 5.74) is 4.56. The number of aromatic nitrogens is 2. The van der Waals surface area contributed by atoms with E-state index in [1.54, 1.807) is 7.11 Å². The Bertz CT molecular complexity index is 905. The van der Waals surface area contributed by atoms with E-state index in [-0.39, 0.29) is 0 Å². The third kappa shape index (κ3) is 3.12. The molecule has 0 bridgehead atoms. The van der Waals surface area contributed by atoms with Gasteiger partial charge >= 0.3 is 0 Å². The molecule has 25 heavy (non-hydrogen) atoms. The lowest BCUT2D eigenvalue weighted by Crippen LogP contribution is -2.24. The van der Waals surface area contributed by atoms with Gasteiger partial charge in [0.15, 0.2) is 0 Å². The highest BCUT2D eigenvalue weighted by Crippen LogP contribution is 2.35. The zero-order valence-electron chi connectivity index (χ0n) is 14.6. The summed E-state index contributed by atoms with van der Waals surface area (Å²) in [6.45, 7) is 4.04. The number of imidazole rings is 1. The molecule has 1 atom stereocenters. The van der Waals surface area contributed by atoms with Crippen LogP contribution in [0.1, 0.15) is 35.8 Å². The van der Waals surface area contributed by atoms with E-state index >= 15 is 0 Å². The monoisotopic (exact) mass is 355 g/mol. The number of ether oxygens (including phenoxy) is 1. The number of nitrogens with zero attached hydrogens (tertiary/aromatic N) is 3. The van der Waals surface area contributed by atoms with Crippen molar-refractivity contribution in [3.05, 3.63) is 64.6 Å². The zero-order valence-corrected chi connectivity index (χ0v) is 15.3. The third-order valence-electron chi connectivity index (χ3n) is 5.08. The van der Waals surface area contributed by atoms with Gasteiger partial charge in [-0.2, -0.15) is 0 Å². The van der Waals surface area contributed by atoms with E-state index < -0.39 is 0 Å². The van der Waals surface area contributed by atoms with Crippen LogP contribution in [0.5, 0.6) is 5.75 Å². The van der Waals surface area contributed by atoms with Gasteiger partial charge in [0.1, 0.15) is 11.4 Å². The lowest BCUT2D eigenvalue weighted by atomic mass is 10.0. The average Bonchev–Trinajstić information content (AvgIpc) is 3.20. The first kappa shape index (κ1) is 16.4. The van der Waals surface area contributed by atoms with E-state index in [2.05, 4.69) is 39.4 Å². The van der Waals surface area contributed by atoms with E-state index in [0.717, 1.165) is 35.2 Å². The van der Waals surface area contributed by atoms with Gasteiger partial charge in [0.25, 0.3) is 0 Å².